The van der Waals surface area contributed by atoms with Crippen LogP contribution in [0.4, 0.5) is 0 Å². The van der Waals surface area contributed by atoms with Gasteiger partial charge in [0.1, 0.15) is 16.7 Å². The summed E-state index contributed by atoms with van der Waals surface area (Å²) < 4.78 is 5.54. The average molecular weight is 262 g/mol. The van der Waals surface area contributed by atoms with E-state index in [9.17, 15) is 4.79 Å². The second-order valence-corrected chi connectivity index (χ2v) is 4.60. The molecule has 2 N–H and O–H groups in total. The standard InChI is InChI=1S/C13H14N2O2S/c1-2-17-10-6-4-3-5-9(10)11(12(14)16)13-15-7-8-18-13/h3-8,11H,2H2,1H3,(H2,14,16). The molecule has 0 aliphatic rings. The summed E-state index contributed by atoms with van der Waals surface area (Å²) in [5.41, 5.74) is 6.26. The molecule has 4 nitrogen and oxygen atoms in total. The van der Waals surface area contributed by atoms with Crippen molar-refractivity contribution in [2.24, 2.45) is 5.73 Å². The number of nitrogens with two attached hydrogens (primary N) is 1. The number of nitrogens with zero attached hydrogens (tertiary/aromatic N) is 1. The number of aromatic nitrogens is 1. The fourth-order valence-corrected chi connectivity index (χ4v) is 2.55. The zero-order chi connectivity index (χ0) is 13.0. The molecular weight excluding hydrogens is 248 g/mol. The largest absolute Gasteiger partial charge is 0.494 e. The fraction of sp³-hybridized carbons (Fsp3) is 0.231. The predicted molar refractivity (Wildman–Crippen MR) is 70.8 cm³/mol. The Kier molecular flexibility index (Phi) is 3.94. The molecule has 2 rings (SSSR count). The SMILES string of the molecule is CCOc1ccccc1C(C(N)=O)c1nccs1. The Morgan fingerprint density at radius 3 is 2.89 bits per heavy atom. The first-order chi connectivity index (χ1) is 8.74. The van der Waals surface area contributed by atoms with E-state index >= 15 is 0 Å². The third-order valence-electron chi connectivity index (χ3n) is 2.51. The maximum absolute atomic E-state index is 11.7. The van der Waals surface area contributed by atoms with Crippen LogP contribution < -0.4 is 10.5 Å². The number of carbonyl (C=O) groups excluding carboxylic acids is 1. The quantitative estimate of drug-likeness (QED) is 0.898. The zero-order valence-corrected chi connectivity index (χ0v) is 10.8. The van der Waals surface area contributed by atoms with Gasteiger partial charge in [0.05, 0.1) is 6.61 Å². The lowest BCUT2D eigenvalue weighted by atomic mass is 9.98. The molecule has 94 valence electrons. The molecule has 0 spiro atoms. The average Bonchev–Trinajstić information content (AvgIpc) is 2.85. The first-order valence-corrected chi connectivity index (χ1v) is 6.52. The summed E-state index contributed by atoms with van der Waals surface area (Å²) in [5.74, 6) is -0.288. The fourth-order valence-electron chi connectivity index (χ4n) is 1.79. The number of hydrogen-bond acceptors (Lipinski definition) is 4. The van der Waals surface area contributed by atoms with Gasteiger partial charge in [-0.25, -0.2) is 4.98 Å². The molecule has 2 aromatic rings. The predicted octanol–water partition coefficient (Wildman–Crippen LogP) is 2.16. The summed E-state index contributed by atoms with van der Waals surface area (Å²) in [6, 6.07) is 7.42. The van der Waals surface area contributed by atoms with Crippen LogP contribution in [0.25, 0.3) is 0 Å². The van der Waals surface area contributed by atoms with Crippen molar-refractivity contribution in [1.82, 2.24) is 4.98 Å². The van der Waals surface area contributed by atoms with Crippen LogP contribution in [0, 0.1) is 0 Å². The summed E-state index contributed by atoms with van der Waals surface area (Å²) in [6.07, 6.45) is 1.67. The van der Waals surface area contributed by atoms with Crippen molar-refractivity contribution < 1.29 is 9.53 Å². The van der Waals surface area contributed by atoms with Gasteiger partial charge in [-0.2, -0.15) is 0 Å². The third kappa shape index (κ3) is 2.51. The summed E-state index contributed by atoms with van der Waals surface area (Å²) in [7, 11) is 0. The van der Waals surface area contributed by atoms with Gasteiger partial charge in [-0.3, -0.25) is 4.79 Å². The summed E-state index contributed by atoms with van der Waals surface area (Å²) >= 11 is 1.41. The van der Waals surface area contributed by atoms with Crippen LogP contribution in [0.3, 0.4) is 0 Å². The number of carbonyl (C=O) groups is 1. The Morgan fingerprint density at radius 1 is 1.50 bits per heavy atom. The number of hydrogen-bond donors (Lipinski definition) is 1. The smallest absolute Gasteiger partial charge is 0.232 e. The van der Waals surface area contributed by atoms with E-state index < -0.39 is 11.8 Å². The van der Waals surface area contributed by atoms with Gasteiger partial charge in [-0.15, -0.1) is 11.3 Å². The lowest BCUT2D eigenvalue weighted by Gasteiger charge is -2.15. The molecule has 1 atom stereocenters. The van der Waals surface area contributed by atoms with E-state index in [4.69, 9.17) is 10.5 Å². The number of ether oxygens (including phenoxy) is 1. The number of rotatable bonds is 5. The number of primary amides is 1. The Hall–Kier alpha value is -1.88. The normalized spacial score (nSPS) is 12.1. The second-order valence-electron chi connectivity index (χ2n) is 3.68. The van der Waals surface area contributed by atoms with Gasteiger partial charge >= 0.3 is 0 Å². The summed E-state index contributed by atoms with van der Waals surface area (Å²) in [6.45, 7) is 2.44. The lowest BCUT2D eigenvalue weighted by molar-refractivity contribution is -0.118. The molecule has 5 heteroatoms. The molecule has 1 unspecified atom stereocenters. The van der Waals surface area contributed by atoms with Gasteiger partial charge in [-0.05, 0) is 13.0 Å². The number of para-hydroxylation sites is 1. The molecule has 0 radical (unpaired) electrons. The number of benzene rings is 1. The van der Waals surface area contributed by atoms with Crippen molar-refractivity contribution in [3.63, 3.8) is 0 Å². The van der Waals surface area contributed by atoms with Gasteiger partial charge < -0.3 is 10.5 Å². The Bertz CT molecular complexity index is 526. The van der Waals surface area contributed by atoms with E-state index in [2.05, 4.69) is 4.98 Å². The minimum Gasteiger partial charge on any atom is -0.494 e. The van der Waals surface area contributed by atoms with Gasteiger partial charge in [0.15, 0.2) is 0 Å². The van der Waals surface area contributed by atoms with Crippen molar-refractivity contribution in [1.29, 1.82) is 0 Å². The maximum Gasteiger partial charge on any atom is 0.232 e. The third-order valence-corrected chi connectivity index (χ3v) is 3.35. The van der Waals surface area contributed by atoms with Crippen LogP contribution >= 0.6 is 11.3 Å². The maximum atomic E-state index is 11.7. The molecule has 1 heterocycles. The van der Waals surface area contributed by atoms with Crippen molar-refractivity contribution in [2.75, 3.05) is 6.61 Å². The van der Waals surface area contributed by atoms with E-state index in [-0.39, 0.29) is 0 Å². The molecule has 1 aromatic heterocycles. The first-order valence-electron chi connectivity index (χ1n) is 5.64. The molecule has 1 amide bonds. The van der Waals surface area contributed by atoms with E-state index in [0.717, 1.165) is 5.56 Å². The second kappa shape index (κ2) is 5.64. The van der Waals surface area contributed by atoms with Crippen LogP contribution in [-0.4, -0.2) is 17.5 Å². The van der Waals surface area contributed by atoms with E-state index in [1.54, 1.807) is 6.20 Å². The van der Waals surface area contributed by atoms with Crippen LogP contribution in [0.15, 0.2) is 35.8 Å². The van der Waals surface area contributed by atoms with Crippen LogP contribution in [0.1, 0.15) is 23.4 Å². The summed E-state index contributed by atoms with van der Waals surface area (Å²) in [4.78, 5) is 15.9. The molecule has 0 aliphatic heterocycles. The van der Waals surface area contributed by atoms with Gasteiger partial charge in [-0.1, -0.05) is 18.2 Å². The zero-order valence-electron chi connectivity index (χ0n) is 10.00. The highest BCUT2D eigenvalue weighted by atomic mass is 32.1. The Balaban J connectivity index is 2.46. The number of amides is 1. The molecular formula is C13H14N2O2S. The molecule has 0 bridgehead atoms. The van der Waals surface area contributed by atoms with Crippen LogP contribution in [-0.2, 0) is 4.79 Å². The number of thiazole rings is 1. The van der Waals surface area contributed by atoms with Crippen LogP contribution in [0.2, 0.25) is 0 Å². The van der Waals surface area contributed by atoms with Gasteiger partial charge in [0, 0.05) is 17.1 Å². The van der Waals surface area contributed by atoms with Crippen molar-refractivity contribution >= 4 is 17.2 Å². The molecule has 0 saturated carbocycles. The topological polar surface area (TPSA) is 65.2 Å². The van der Waals surface area contributed by atoms with E-state index in [1.165, 1.54) is 11.3 Å². The monoisotopic (exact) mass is 262 g/mol. The van der Waals surface area contributed by atoms with Gasteiger partial charge in [0.2, 0.25) is 5.91 Å². The summed E-state index contributed by atoms with van der Waals surface area (Å²) in [5, 5.41) is 2.52. The highest BCUT2D eigenvalue weighted by Crippen LogP contribution is 2.32. The molecule has 1 aromatic carbocycles. The molecule has 0 fully saturated rings. The van der Waals surface area contributed by atoms with Crippen LogP contribution in [0.5, 0.6) is 5.75 Å². The van der Waals surface area contributed by atoms with Gasteiger partial charge in [0.25, 0.3) is 0 Å². The van der Waals surface area contributed by atoms with E-state index in [0.29, 0.717) is 17.4 Å². The highest BCUT2D eigenvalue weighted by molar-refractivity contribution is 7.09. The van der Waals surface area contributed by atoms with Crippen molar-refractivity contribution in [2.45, 2.75) is 12.8 Å². The Labute approximate surface area is 109 Å². The molecule has 0 saturated heterocycles. The first kappa shape index (κ1) is 12.6. The highest BCUT2D eigenvalue weighted by Gasteiger charge is 2.25. The Morgan fingerprint density at radius 2 is 2.28 bits per heavy atom. The van der Waals surface area contributed by atoms with E-state index in [1.807, 2.05) is 36.6 Å². The minimum absolute atomic E-state index is 0.419. The molecule has 18 heavy (non-hydrogen) atoms. The van der Waals surface area contributed by atoms with Crippen molar-refractivity contribution in [3.8, 4) is 5.75 Å². The molecule has 0 aliphatic carbocycles. The van der Waals surface area contributed by atoms with Crippen molar-refractivity contribution in [3.05, 3.63) is 46.4 Å². The minimum atomic E-state index is -0.548. The lowest BCUT2D eigenvalue weighted by Crippen LogP contribution is -2.22.